The van der Waals surface area contributed by atoms with Gasteiger partial charge in [0.05, 0.1) is 0 Å². The van der Waals surface area contributed by atoms with E-state index in [4.69, 9.17) is 5.73 Å². The zero-order valence-corrected chi connectivity index (χ0v) is 7.16. The van der Waals surface area contributed by atoms with Crippen molar-refractivity contribution in [1.29, 1.82) is 0 Å². The molecule has 0 aromatic rings. The highest BCUT2D eigenvalue weighted by atomic mass is 15.1. The minimum Gasteiger partial charge on any atom is -0.367 e. The number of hydrogen-bond donors (Lipinski definition) is 2. The number of hydrogen-bond acceptors (Lipinski definition) is 3. The molecule has 3 nitrogen and oxygen atoms in total. The van der Waals surface area contributed by atoms with Gasteiger partial charge in [0.25, 0.3) is 0 Å². The lowest BCUT2D eigenvalue weighted by molar-refractivity contribution is 0.334. The molecule has 66 valence electrons. The first kappa shape index (κ1) is 7.80. The molecule has 2 aliphatic rings. The van der Waals surface area contributed by atoms with E-state index in [0.29, 0.717) is 5.92 Å². The summed E-state index contributed by atoms with van der Waals surface area (Å²) in [4.78, 5) is 4.08. The molecule has 0 saturated heterocycles. The Morgan fingerprint density at radius 2 is 2.17 bits per heavy atom. The van der Waals surface area contributed by atoms with E-state index >= 15 is 0 Å². The molecule has 0 amide bonds. The van der Waals surface area contributed by atoms with E-state index in [1.807, 2.05) is 12.4 Å². The fourth-order valence-corrected chi connectivity index (χ4v) is 2.06. The van der Waals surface area contributed by atoms with Gasteiger partial charge in [0.2, 0.25) is 0 Å². The average Bonchev–Trinajstić information content (AvgIpc) is 2.58. The zero-order chi connectivity index (χ0) is 8.44. The Labute approximate surface area is 72.7 Å². The third-order valence-corrected chi connectivity index (χ3v) is 2.81. The first-order chi connectivity index (χ1) is 5.81. The Kier molecular flexibility index (Phi) is 1.89. The number of rotatable bonds is 1. The lowest BCUT2D eigenvalue weighted by Crippen LogP contribution is -2.58. The van der Waals surface area contributed by atoms with Gasteiger partial charge in [-0.05, 0) is 12.8 Å². The predicted molar refractivity (Wildman–Crippen MR) is 49.6 cm³/mol. The van der Waals surface area contributed by atoms with Crippen molar-refractivity contribution in [1.82, 2.24) is 5.32 Å². The van der Waals surface area contributed by atoms with Crippen molar-refractivity contribution >= 4 is 6.21 Å². The van der Waals surface area contributed by atoms with Crippen molar-refractivity contribution in [3.8, 4) is 0 Å². The smallest absolute Gasteiger partial charge is 0.125 e. The van der Waals surface area contributed by atoms with Crippen LogP contribution in [0.1, 0.15) is 25.7 Å². The minimum absolute atomic E-state index is 0.370. The fourth-order valence-electron chi connectivity index (χ4n) is 2.06. The molecule has 3 N–H and O–H groups in total. The van der Waals surface area contributed by atoms with Crippen LogP contribution in [0.4, 0.5) is 0 Å². The second-order valence-electron chi connectivity index (χ2n) is 3.65. The maximum Gasteiger partial charge on any atom is 0.125 e. The Hall–Kier alpha value is -0.830. The van der Waals surface area contributed by atoms with E-state index in [9.17, 15) is 0 Å². The van der Waals surface area contributed by atoms with Gasteiger partial charge in [-0.1, -0.05) is 12.8 Å². The second kappa shape index (κ2) is 2.90. The van der Waals surface area contributed by atoms with Crippen LogP contribution in [-0.2, 0) is 0 Å². The van der Waals surface area contributed by atoms with Crippen molar-refractivity contribution in [2.24, 2.45) is 16.6 Å². The maximum absolute atomic E-state index is 6.15. The molecule has 0 aromatic carbocycles. The van der Waals surface area contributed by atoms with E-state index in [1.165, 1.54) is 25.7 Å². The van der Waals surface area contributed by atoms with Crippen molar-refractivity contribution in [2.75, 3.05) is 0 Å². The molecule has 1 aliphatic carbocycles. The highest BCUT2D eigenvalue weighted by Gasteiger charge is 2.35. The molecule has 12 heavy (non-hydrogen) atoms. The standard InChI is InChI=1S/C9H15N3/c10-9(7-11-5-6-12-9)8-3-1-2-4-8/h5-8,12H,1-4,10H2. The SMILES string of the molecule is NC1(C2CCCC2)C=NC=CN1. The molecule has 0 spiro atoms. The number of nitrogens with one attached hydrogen (secondary N) is 1. The normalized spacial score (nSPS) is 35.4. The van der Waals surface area contributed by atoms with E-state index in [-0.39, 0.29) is 5.66 Å². The summed E-state index contributed by atoms with van der Waals surface area (Å²) in [7, 11) is 0. The summed E-state index contributed by atoms with van der Waals surface area (Å²) < 4.78 is 0. The largest absolute Gasteiger partial charge is 0.367 e. The van der Waals surface area contributed by atoms with Crippen LogP contribution >= 0.6 is 0 Å². The molecule has 1 aliphatic heterocycles. The maximum atomic E-state index is 6.15. The monoisotopic (exact) mass is 165 g/mol. The van der Waals surface area contributed by atoms with Crippen LogP contribution < -0.4 is 11.1 Å². The van der Waals surface area contributed by atoms with Crippen molar-refractivity contribution in [2.45, 2.75) is 31.3 Å². The van der Waals surface area contributed by atoms with E-state index in [1.54, 1.807) is 6.20 Å². The van der Waals surface area contributed by atoms with Crippen LogP contribution in [0.5, 0.6) is 0 Å². The Morgan fingerprint density at radius 1 is 1.42 bits per heavy atom. The summed E-state index contributed by atoms with van der Waals surface area (Å²) in [5, 5.41) is 3.19. The zero-order valence-electron chi connectivity index (χ0n) is 7.16. The van der Waals surface area contributed by atoms with Crippen LogP contribution in [0.15, 0.2) is 17.4 Å². The molecule has 1 fully saturated rings. The van der Waals surface area contributed by atoms with Gasteiger partial charge in [-0.15, -0.1) is 0 Å². The van der Waals surface area contributed by atoms with Crippen molar-refractivity contribution < 1.29 is 0 Å². The molecule has 0 radical (unpaired) electrons. The first-order valence-corrected chi connectivity index (χ1v) is 4.57. The summed E-state index contributed by atoms with van der Waals surface area (Å²) in [6, 6.07) is 0. The summed E-state index contributed by atoms with van der Waals surface area (Å²) in [6.07, 6.45) is 10.5. The summed E-state index contributed by atoms with van der Waals surface area (Å²) in [5.74, 6) is 0.561. The van der Waals surface area contributed by atoms with E-state index in [0.717, 1.165) is 0 Å². The fraction of sp³-hybridized carbons (Fsp3) is 0.667. The third kappa shape index (κ3) is 1.25. The minimum atomic E-state index is -0.370. The Balaban J connectivity index is 2.09. The molecule has 0 aromatic heterocycles. The molecule has 1 atom stereocenters. The molecular formula is C9H15N3. The predicted octanol–water partition coefficient (Wildman–Crippen LogP) is 0.977. The van der Waals surface area contributed by atoms with Gasteiger partial charge in [-0.3, -0.25) is 4.99 Å². The lowest BCUT2D eigenvalue weighted by atomic mass is 9.92. The molecule has 1 unspecified atom stereocenters. The quantitative estimate of drug-likeness (QED) is 0.608. The van der Waals surface area contributed by atoms with Crippen molar-refractivity contribution in [3.05, 3.63) is 12.4 Å². The summed E-state index contributed by atoms with van der Waals surface area (Å²) in [5.41, 5.74) is 5.78. The first-order valence-electron chi connectivity index (χ1n) is 4.57. The van der Waals surface area contributed by atoms with E-state index < -0.39 is 0 Å². The Bertz CT molecular complexity index is 216. The topological polar surface area (TPSA) is 50.4 Å². The van der Waals surface area contributed by atoms with Gasteiger partial charge < -0.3 is 11.1 Å². The lowest BCUT2D eigenvalue weighted by Gasteiger charge is -2.33. The van der Waals surface area contributed by atoms with Crippen LogP contribution in [-0.4, -0.2) is 11.9 Å². The van der Waals surface area contributed by atoms with Crippen LogP contribution in [0.25, 0.3) is 0 Å². The average molecular weight is 165 g/mol. The van der Waals surface area contributed by atoms with Gasteiger partial charge in [-0.2, -0.15) is 0 Å². The molecule has 2 rings (SSSR count). The number of nitrogens with zero attached hydrogens (tertiary/aromatic N) is 1. The van der Waals surface area contributed by atoms with Crippen LogP contribution in [0.3, 0.4) is 0 Å². The van der Waals surface area contributed by atoms with Crippen molar-refractivity contribution in [3.63, 3.8) is 0 Å². The number of aliphatic imine (C=N–C) groups is 1. The highest BCUT2D eigenvalue weighted by molar-refractivity contribution is 5.71. The molecular weight excluding hydrogens is 150 g/mol. The van der Waals surface area contributed by atoms with Gasteiger partial charge in [0.15, 0.2) is 0 Å². The van der Waals surface area contributed by atoms with Gasteiger partial charge in [-0.25, -0.2) is 0 Å². The third-order valence-electron chi connectivity index (χ3n) is 2.81. The molecule has 1 saturated carbocycles. The van der Waals surface area contributed by atoms with Crippen LogP contribution in [0.2, 0.25) is 0 Å². The molecule has 3 heteroatoms. The van der Waals surface area contributed by atoms with Crippen LogP contribution in [0, 0.1) is 5.92 Å². The van der Waals surface area contributed by atoms with E-state index in [2.05, 4.69) is 10.3 Å². The second-order valence-corrected chi connectivity index (χ2v) is 3.65. The Morgan fingerprint density at radius 3 is 2.75 bits per heavy atom. The molecule has 1 heterocycles. The number of nitrogens with two attached hydrogens (primary N) is 1. The van der Waals surface area contributed by atoms with Gasteiger partial charge in [0, 0.05) is 24.5 Å². The highest BCUT2D eigenvalue weighted by Crippen LogP contribution is 2.31. The van der Waals surface area contributed by atoms with Gasteiger partial charge >= 0.3 is 0 Å². The molecule has 0 bridgehead atoms. The summed E-state index contributed by atoms with van der Waals surface area (Å²) in [6.45, 7) is 0. The summed E-state index contributed by atoms with van der Waals surface area (Å²) >= 11 is 0. The van der Waals surface area contributed by atoms with Gasteiger partial charge in [0.1, 0.15) is 5.66 Å².